The van der Waals surface area contributed by atoms with Crippen LogP contribution in [-0.4, -0.2) is 58.0 Å². The number of esters is 1. The highest BCUT2D eigenvalue weighted by atomic mass is 28.3. The lowest BCUT2D eigenvalue weighted by atomic mass is 10.5. The van der Waals surface area contributed by atoms with Crippen LogP contribution in [0.25, 0.3) is 0 Å². The Morgan fingerprint density at radius 1 is 1.18 bits per heavy atom. The summed E-state index contributed by atoms with van der Waals surface area (Å²) in [6.45, 7) is 14.3. The number of ether oxygens (including phenoxy) is 2. The minimum Gasteiger partial charge on any atom is -0.468 e. The topological polar surface area (TPSA) is 38.8 Å². The van der Waals surface area contributed by atoms with E-state index < -0.39 is 8.07 Å². The number of likely N-dealkylation sites (N-methyl/N-ethyl adjacent to an activating group) is 1. The lowest BCUT2D eigenvalue weighted by Gasteiger charge is -2.18. The molecule has 4 nitrogen and oxygen atoms in total. The van der Waals surface area contributed by atoms with E-state index in [0.29, 0.717) is 12.8 Å². The molecule has 0 heterocycles. The second-order valence-corrected chi connectivity index (χ2v) is 10.7. The van der Waals surface area contributed by atoms with E-state index in [1.165, 1.54) is 0 Å². The molecule has 0 rings (SSSR count). The van der Waals surface area contributed by atoms with E-state index in [1.54, 1.807) is 0 Å². The van der Waals surface area contributed by atoms with E-state index >= 15 is 0 Å². The molecule has 0 aliphatic carbocycles. The molecular formula is C12H27NO3Si. The van der Waals surface area contributed by atoms with Crippen LogP contribution in [0.5, 0.6) is 0 Å². The molecule has 0 aliphatic heterocycles. The summed E-state index contributed by atoms with van der Waals surface area (Å²) in [5.41, 5.74) is 0. The Morgan fingerprint density at radius 3 is 2.24 bits per heavy atom. The molecule has 0 aromatic heterocycles. The Bertz CT molecular complexity index is 212. The van der Waals surface area contributed by atoms with Crippen molar-refractivity contribution >= 4 is 14.0 Å². The molecule has 5 heteroatoms. The van der Waals surface area contributed by atoms with Gasteiger partial charge in [-0.05, 0) is 13.1 Å². The number of nitrogens with zero attached hydrogens (tertiary/aromatic N) is 1. The molecule has 0 amide bonds. The van der Waals surface area contributed by atoms with Crippen LogP contribution in [0, 0.1) is 0 Å². The molecule has 0 saturated carbocycles. The maximum Gasteiger partial charge on any atom is 0.331 e. The highest BCUT2D eigenvalue weighted by Crippen LogP contribution is 2.00. The second-order valence-electron chi connectivity index (χ2n) is 5.30. The fourth-order valence-electron chi connectivity index (χ4n) is 1.23. The van der Waals surface area contributed by atoms with Gasteiger partial charge in [-0.3, -0.25) is 0 Å². The quantitative estimate of drug-likeness (QED) is 0.360. The van der Waals surface area contributed by atoms with Crippen molar-refractivity contribution in [3.05, 3.63) is 0 Å². The van der Waals surface area contributed by atoms with Crippen LogP contribution in [0.4, 0.5) is 0 Å². The van der Waals surface area contributed by atoms with Gasteiger partial charge in [-0.2, -0.15) is 0 Å². The molecule has 0 unspecified atom stereocenters. The maximum absolute atomic E-state index is 11.3. The standard InChI is InChI=1S/C12H27NO3Si/c1-6-13(7-2)8-9-15-10-12(14)16-11-17(3,4)5/h6-11H2,1-5H3. The van der Waals surface area contributed by atoms with E-state index in [-0.39, 0.29) is 12.6 Å². The van der Waals surface area contributed by atoms with Crippen LogP contribution in [0.2, 0.25) is 19.6 Å². The first-order valence-corrected chi connectivity index (χ1v) is 10.1. The van der Waals surface area contributed by atoms with E-state index in [2.05, 4.69) is 38.4 Å². The Balaban J connectivity index is 3.52. The van der Waals surface area contributed by atoms with Gasteiger partial charge < -0.3 is 14.4 Å². The van der Waals surface area contributed by atoms with Crippen molar-refractivity contribution in [2.75, 3.05) is 39.1 Å². The van der Waals surface area contributed by atoms with Crippen molar-refractivity contribution in [3.63, 3.8) is 0 Å². The predicted molar refractivity (Wildman–Crippen MR) is 72.9 cm³/mol. The number of hydrogen-bond donors (Lipinski definition) is 0. The molecule has 0 atom stereocenters. The smallest absolute Gasteiger partial charge is 0.331 e. The highest BCUT2D eigenvalue weighted by molar-refractivity contribution is 6.76. The largest absolute Gasteiger partial charge is 0.468 e. The summed E-state index contributed by atoms with van der Waals surface area (Å²) >= 11 is 0. The zero-order valence-electron chi connectivity index (χ0n) is 11.9. The third kappa shape index (κ3) is 10.5. The summed E-state index contributed by atoms with van der Waals surface area (Å²) in [5, 5.41) is 0. The van der Waals surface area contributed by atoms with Gasteiger partial charge in [-0.15, -0.1) is 0 Å². The summed E-state index contributed by atoms with van der Waals surface area (Å²) < 4.78 is 10.4. The van der Waals surface area contributed by atoms with Gasteiger partial charge in [0.1, 0.15) is 6.61 Å². The number of carbonyl (C=O) groups is 1. The van der Waals surface area contributed by atoms with Crippen molar-refractivity contribution in [2.24, 2.45) is 0 Å². The van der Waals surface area contributed by atoms with Gasteiger partial charge in [0, 0.05) is 6.54 Å². The lowest BCUT2D eigenvalue weighted by molar-refractivity contribution is -0.147. The minimum absolute atomic E-state index is 0.0751. The van der Waals surface area contributed by atoms with Gasteiger partial charge in [0.15, 0.2) is 0 Å². The molecule has 0 spiro atoms. The molecule has 0 bridgehead atoms. The number of hydrogen-bond acceptors (Lipinski definition) is 4. The average molecular weight is 261 g/mol. The van der Waals surface area contributed by atoms with Crippen LogP contribution in [-0.2, 0) is 14.3 Å². The van der Waals surface area contributed by atoms with Gasteiger partial charge in [0.2, 0.25) is 0 Å². The first-order chi connectivity index (χ1) is 7.89. The molecule has 0 aliphatic rings. The Labute approximate surface area is 106 Å². The van der Waals surface area contributed by atoms with Crippen molar-refractivity contribution < 1.29 is 14.3 Å². The van der Waals surface area contributed by atoms with Gasteiger partial charge >= 0.3 is 5.97 Å². The number of carbonyl (C=O) groups excluding carboxylic acids is 1. The van der Waals surface area contributed by atoms with Crippen molar-refractivity contribution in [1.82, 2.24) is 4.90 Å². The van der Waals surface area contributed by atoms with Gasteiger partial charge in [-0.25, -0.2) is 4.79 Å². The third-order valence-corrected chi connectivity index (χ3v) is 3.34. The summed E-state index contributed by atoms with van der Waals surface area (Å²) in [5.74, 6) is -0.244. The van der Waals surface area contributed by atoms with E-state index in [4.69, 9.17) is 9.47 Å². The summed E-state index contributed by atoms with van der Waals surface area (Å²) in [4.78, 5) is 13.6. The fourth-order valence-corrected chi connectivity index (χ4v) is 1.82. The summed E-state index contributed by atoms with van der Waals surface area (Å²) in [7, 11) is -1.30. The first kappa shape index (κ1) is 16.6. The predicted octanol–water partition coefficient (Wildman–Crippen LogP) is 1.77. The normalized spacial score (nSPS) is 11.9. The minimum atomic E-state index is -1.30. The fraction of sp³-hybridized carbons (Fsp3) is 0.917. The molecule has 0 aromatic carbocycles. The van der Waals surface area contributed by atoms with E-state index in [9.17, 15) is 4.79 Å². The molecule has 0 aromatic rings. The maximum atomic E-state index is 11.3. The van der Waals surface area contributed by atoms with E-state index in [1.807, 2.05) is 0 Å². The SMILES string of the molecule is CCN(CC)CCOCC(=O)OC[Si](C)(C)C. The first-order valence-electron chi connectivity index (χ1n) is 6.34. The molecule has 0 fully saturated rings. The Kier molecular flexibility index (Phi) is 8.46. The second kappa shape index (κ2) is 8.66. The number of rotatable bonds is 9. The zero-order valence-corrected chi connectivity index (χ0v) is 12.9. The van der Waals surface area contributed by atoms with E-state index in [0.717, 1.165) is 19.6 Å². The Hall–Kier alpha value is -0.393. The van der Waals surface area contributed by atoms with Gasteiger partial charge in [0.05, 0.1) is 20.9 Å². The highest BCUT2D eigenvalue weighted by Gasteiger charge is 2.16. The van der Waals surface area contributed by atoms with Crippen LogP contribution in [0.1, 0.15) is 13.8 Å². The molecule has 0 saturated heterocycles. The van der Waals surface area contributed by atoms with Crippen molar-refractivity contribution in [1.29, 1.82) is 0 Å². The van der Waals surface area contributed by atoms with Gasteiger partial charge in [0.25, 0.3) is 0 Å². The van der Waals surface area contributed by atoms with Crippen LogP contribution >= 0.6 is 0 Å². The van der Waals surface area contributed by atoms with Gasteiger partial charge in [-0.1, -0.05) is 33.5 Å². The van der Waals surface area contributed by atoms with Crippen LogP contribution < -0.4 is 0 Å². The van der Waals surface area contributed by atoms with Crippen molar-refractivity contribution in [3.8, 4) is 0 Å². The molecule has 102 valence electrons. The average Bonchev–Trinajstić information content (AvgIpc) is 2.26. The lowest BCUT2D eigenvalue weighted by Crippen LogP contribution is -2.31. The zero-order chi connectivity index (χ0) is 13.3. The molecule has 17 heavy (non-hydrogen) atoms. The van der Waals surface area contributed by atoms with Crippen LogP contribution in [0.15, 0.2) is 0 Å². The van der Waals surface area contributed by atoms with Crippen LogP contribution in [0.3, 0.4) is 0 Å². The Morgan fingerprint density at radius 2 is 1.76 bits per heavy atom. The third-order valence-electron chi connectivity index (χ3n) is 2.33. The molecular weight excluding hydrogens is 234 g/mol. The summed E-state index contributed by atoms with van der Waals surface area (Å²) in [6, 6.07) is 0. The monoisotopic (exact) mass is 261 g/mol. The molecule has 0 N–H and O–H groups in total. The summed E-state index contributed by atoms with van der Waals surface area (Å²) in [6.07, 6.45) is 0.575. The van der Waals surface area contributed by atoms with Crippen molar-refractivity contribution in [2.45, 2.75) is 33.5 Å². The molecule has 0 radical (unpaired) electrons.